The van der Waals surface area contributed by atoms with E-state index in [0.717, 1.165) is 18.0 Å². The van der Waals surface area contributed by atoms with Crippen molar-refractivity contribution in [3.63, 3.8) is 0 Å². The van der Waals surface area contributed by atoms with Gasteiger partial charge in [-0.05, 0) is 63.8 Å². The lowest BCUT2D eigenvalue weighted by molar-refractivity contribution is 0.0726. The lowest BCUT2D eigenvalue weighted by atomic mass is 9.80. The van der Waals surface area contributed by atoms with Gasteiger partial charge in [-0.1, -0.05) is 32.1 Å². The Morgan fingerprint density at radius 3 is 2.18 bits per heavy atom. The molecule has 3 nitrogen and oxygen atoms in total. The molecule has 0 bridgehead atoms. The molecular formula is C19H37N3. The van der Waals surface area contributed by atoms with Gasteiger partial charge in [0.25, 0.3) is 0 Å². The third-order valence-electron chi connectivity index (χ3n) is 6.22. The summed E-state index contributed by atoms with van der Waals surface area (Å²) in [5, 5.41) is 6.12. The van der Waals surface area contributed by atoms with Gasteiger partial charge in [0.15, 0.2) is 0 Å². The molecule has 4 aliphatic rings. The van der Waals surface area contributed by atoms with E-state index in [4.69, 9.17) is 0 Å². The predicted octanol–water partition coefficient (Wildman–Crippen LogP) is 3.85. The highest BCUT2D eigenvalue weighted by Gasteiger charge is 2.26. The van der Waals surface area contributed by atoms with Gasteiger partial charge < -0.3 is 5.32 Å². The average Bonchev–Trinajstić information content (AvgIpc) is 2.64. The van der Waals surface area contributed by atoms with E-state index in [-0.39, 0.29) is 0 Å². The molecule has 0 aromatic heterocycles. The number of hydrogen-bond acceptors (Lipinski definition) is 3. The first-order valence-corrected chi connectivity index (χ1v) is 10.2. The van der Waals surface area contributed by atoms with Gasteiger partial charge in [-0.3, -0.25) is 5.43 Å². The molecule has 0 amide bonds. The van der Waals surface area contributed by atoms with Crippen molar-refractivity contribution in [1.82, 2.24) is 15.8 Å². The first-order valence-electron chi connectivity index (χ1n) is 10.2. The Labute approximate surface area is 137 Å². The molecule has 128 valence electrons. The zero-order chi connectivity index (χ0) is 15.0. The Morgan fingerprint density at radius 1 is 0.636 bits per heavy atom. The van der Waals surface area contributed by atoms with Gasteiger partial charge in [-0.25, -0.2) is 5.01 Å². The van der Waals surface area contributed by atoms with Crippen LogP contribution >= 0.6 is 0 Å². The molecule has 2 aliphatic heterocycles. The van der Waals surface area contributed by atoms with Crippen molar-refractivity contribution in [2.45, 2.75) is 95.6 Å². The lowest BCUT2D eigenvalue weighted by Crippen LogP contribution is -2.49. The molecule has 4 rings (SSSR count). The van der Waals surface area contributed by atoms with E-state index >= 15 is 0 Å². The van der Waals surface area contributed by atoms with Crippen molar-refractivity contribution < 1.29 is 0 Å². The van der Waals surface area contributed by atoms with Crippen molar-refractivity contribution in [2.24, 2.45) is 5.92 Å². The van der Waals surface area contributed by atoms with Crippen LogP contribution in [-0.2, 0) is 0 Å². The van der Waals surface area contributed by atoms with Crippen LogP contribution in [0.5, 0.6) is 0 Å². The highest BCUT2D eigenvalue weighted by Crippen LogP contribution is 2.30. The van der Waals surface area contributed by atoms with E-state index < -0.39 is 0 Å². The molecule has 0 radical (unpaired) electrons. The smallest absolute Gasteiger partial charge is 0.0243 e. The zero-order valence-electron chi connectivity index (χ0n) is 14.5. The van der Waals surface area contributed by atoms with Crippen LogP contribution in [-0.4, -0.2) is 36.7 Å². The Balaban J connectivity index is 0.000000133. The summed E-state index contributed by atoms with van der Waals surface area (Å²) in [4.78, 5) is 0. The van der Waals surface area contributed by atoms with Crippen LogP contribution in [0.4, 0.5) is 0 Å². The van der Waals surface area contributed by atoms with Gasteiger partial charge in [-0.2, -0.15) is 0 Å². The van der Waals surface area contributed by atoms with Gasteiger partial charge in [0.1, 0.15) is 0 Å². The standard InChI is InChI=1S/C10H20N2.C9H17N/c1-2-6-10(7-3-1)12-9-5-4-8-11-12;1-2-6-9-8(4-1)5-3-7-10-9/h10-11H,1-9H2;8-10H,1-7H2. The molecule has 2 aliphatic carbocycles. The summed E-state index contributed by atoms with van der Waals surface area (Å²) >= 11 is 0. The quantitative estimate of drug-likeness (QED) is 0.770. The number of rotatable bonds is 1. The van der Waals surface area contributed by atoms with Crippen LogP contribution in [0.3, 0.4) is 0 Å². The van der Waals surface area contributed by atoms with Crippen molar-refractivity contribution in [1.29, 1.82) is 0 Å². The van der Waals surface area contributed by atoms with Crippen molar-refractivity contribution in [2.75, 3.05) is 19.6 Å². The van der Waals surface area contributed by atoms with Gasteiger partial charge in [0.2, 0.25) is 0 Å². The highest BCUT2D eigenvalue weighted by atomic mass is 15.5. The Morgan fingerprint density at radius 2 is 1.41 bits per heavy atom. The SMILES string of the molecule is C1CCC(N2CCCCN2)CC1.C1CCC2NCCCC2C1. The summed E-state index contributed by atoms with van der Waals surface area (Å²) in [5.41, 5.74) is 3.52. The minimum atomic E-state index is 0.860. The van der Waals surface area contributed by atoms with Crippen LogP contribution in [0.25, 0.3) is 0 Å². The van der Waals surface area contributed by atoms with Gasteiger partial charge >= 0.3 is 0 Å². The topological polar surface area (TPSA) is 27.3 Å². The molecule has 2 atom stereocenters. The van der Waals surface area contributed by atoms with Gasteiger partial charge in [-0.15, -0.1) is 0 Å². The van der Waals surface area contributed by atoms with Crippen molar-refractivity contribution in [3.8, 4) is 0 Å². The number of fused-ring (bicyclic) bond motifs is 1. The zero-order valence-corrected chi connectivity index (χ0v) is 14.5. The molecule has 2 unspecified atom stereocenters. The maximum Gasteiger partial charge on any atom is 0.0243 e. The summed E-state index contributed by atoms with van der Waals surface area (Å²) < 4.78 is 0. The highest BCUT2D eigenvalue weighted by molar-refractivity contribution is 4.84. The average molecular weight is 308 g/mol. The predicted molar refractivity (Wildman–Crippen MR) is 93.8 cm³/mol. The molecule has 22 heavy (non-hydrogen) atoms. The maximum absolute atomic E-state index is 3.62. The fourth-order valence-electron chi connectivity index (χ4n) is 4.89. The number of nitrogens with one attached hydrogen (secondary N) is 2. The normalized spacial score (nSPS) is 34.4. The molecule has 3 heteroatoms. The first kappa shape index (κ1) is 16.7. The van der Waals surface area contributed by atoms with Crippen LogP contribution in [0.2, 0.25) is 0 Å². The molecule has 4 fully saturated rings. The Bertz CT molecular complexity index is 253. The molecule has 0 spiro atoms. The van der Waals surface area contributed by atoms with Crippen molar-refractivity contribution >= 4 is 0 Å². The van der Waals surface area contributed by atoms with E-state index in [1.165, 1.54) is 103 Å². The molecule has 2 N–H and O–H groups in total. The fraction of sp³-hybridized carbons (Fsp3) is 1.00. The largest absolute Gasteiger partial charge is 0.314 e. The summed E-state index contributed by atoms with van der Waals surface area (Å²) in [6.45, 7) is 3.77. The fourth-order valence-corrected chi connectivity index (χ4v) is 4.89. The number of hydrogen-bond donors (Lipinski definition) is 2. The molecule has 2 heterocycles. The van der Waals surface area contributed by atoms with Gasteiger partial charge in [0, 0.05) is 25.2 Å². The molecule has 2 saturated carbocycles. The molecule has 0 aromatic rings. The summed E-state index contributed by atoms with van der Waals surface area (Å²) in [7, 11) is 0. The second-order valence-corrected chi connectivity index (χ2v) is 7.85. The monoisotopic (exact) mass is 307 g/mol. The van der Waals surface area contributed by atoms with Crippen LogP contribution in [0.15, 0.2) is 0 Å². The second kappa shape index (κ2) is 9.24. The summed E-state index contributed by atoms with van der Waals surface area (Å²) in [6, 6.07) is 1.77. The number of piperidine rings is 1. The third kappa shape index (κ3) is 4.94. The first-order chi connectivity index (χ1) is 10.9. The number of hydrazine groups is 1. The maximum atomic E-state index is 3.62. The minimum absolute atomic E-state index is 0.860. The molecular weight excluding hydrogens is 270 g/mol. The van der Waals surface area contributed by atoms with Crippen molar-refractivity contribution in [3.05, 3.63) is 0 Å². The van der Waals surface area contributed by atoms with Crippen LogP contribution < -0.4 is 10.7 Å². The van der Waals surface area contributed by atoms with Crippen LogP contribution in [0, 0.1) is 5.92 Å². The van der Waals surface area contributed by atoms with E-state index in [1.54, 1.807) is 0 Å². The summed E-state index contributed by atoms with van der Waals surface area (Å²) in [6.07, 6.45) is 18.8. The summed E-state index contributed by atoms with van der Waals surface area (Å²) in [5.74, 6) is 1.04. The van der Waals surface area contributed by atoms with E-state index in [9.17, 15) is 0 Å². The third-order valence-corrected chi connectivity index (χ3v) is 6.22. The van der Waals surface area contributed by atoms with Gasteiger partial charge in [0.05, 0.1) is 0 Å². The Kier molecular flexibility index (Phi) is 7.03. The molecule has 0 aromatic carbocycles. The van der Waals surface area contributed by atoms with E-state index in [2.05, 4.69) is 15.8 Å². The lowest BCUT2D eigenvalue weighted by Gasteiger charge is -2.37. The van der Waals surface area contributed by atoms with Crippen LogP contribution in [0.1, 0.15) is 83.5 Å². The number of nitrogens with zero attached hydrogens (tertiary/aromatic N) is 1. The second-order valence-electron chi connectivity index (χ2n) is 7.85. The van der Waals surface area contributed by atoms with E-state index in [0.29, 0.717) is 0 Å². The Hall–Kier alpha value is -0.120. The van der Waals surface area contributed by atoms with E-state index in [1.807, 2.05) is 0 Å². The minimum Gasteiger partial charge on any atom is -0.314 e. The molecule has 2 saturated heterocycles.